The molecule has 2 amide bonds. The Morgan fingerprint density at radius 3 is 2.45 bits per heavy atom. The normalized spacial score (nSPS) is 15.6. The maximum absolute atomic E-state index is 12.5. The van der Waals surface area contributed by atoms with Gasteiger partial charge in [0.1, 0.15) is 0 Å². The summed E-state index contributed by atoms with van der Waals surface area (Å²) in [5.41, 5.74) is 0. The smallest absolute Gasteiger partial charge is 0.317 e. The van der Waals surface area contributed by atoms with Gasteiger partial charge in [-0.25, -0.2) is 4.79 Å². The molecule has 0 saturated heterocycles. The van der Waals surface area contributed by atoms with Crippen molar-refractivity contribution in [3.8, 4) is 0 Å². The summed E-state index contributed by atoms with van der Waals surface area (Å²) in [6, 6.07) is 0.266. The van der Waals surface area contributed by atoms with Crippen molar-refractivity contribution >= 4 is 12.0 Å². The molecular formula is C17H32N2O3. The zero-order chi connectivity index (χ0) is 16.4. The van der Waals surface area contributed by atoms with Crippen LogP contribution < -0.4 is 5.32 Å². The van der Waals surface area contributed by atoms with Crippen molar-refractivity contribution in [2.75, 3.05) is 19.7 Å². The van der Waals surface area contributed by atoms with Gasteiger partial charge in [0.2, 0.25) is 0 Å². The average molecular weight is 312 g/mol. The number of amides is 2. The molecule has 0 bridgehead atoms. The lowest BCUT2D eigenvalue weighted by Gasteiger charge is -2.28. The van der Waals surface area contributed by atoms with E-state index in [1.807, 2.05) is 0 Å². The highest BCUT2D eigenvalue weighted by Crippen LogP contribution is 2.17. The Labute approximate surface area is 134 Å². The van der Waals surface area contributed by atoms with Crippen LogP contribution in [-0.2, 0) is 9.53 Å². The second-order valence-electron chi connectivity index (χ2n) is 6.51. The van der Waals surface area contributed by atoms with Crippen molar-refractivity contribution < 1.29 is 14.3 Å². The minimum atomic E-state index is -0.234. The van der Waals surface area contributed by atoms with Gasteiger partial charge in [0.05, 0.1) is 13.0 Å². The van der Waals surface area contributed by atoms with E-state index in [0.717, 1.165) is 19.3 Å². The molecule has 0 heterocycles. The molecule has 0 unspecified atom stereocenters. The van der Waals surface area contributed by atoms with E-state index >= 15 is 0 Å². The first-order valence-electron chi connectivity index (χ1n) is 8.74. The number of hydrogen-bond acceptors (Lipinski definition) is 3. The van der Waals surface area contributed by atoms with Crippen LogP contribution in [-0.4, -0.2) is 42.6 Å². The van der Waals surface area contributed by atoms with Crippen molar-refractivity contribution in [1.82, 2.24) is 10.2 Å². The van der Waals surface area contributed by atoms with Gasteiger partial charge >= 0.3 is 12.0 Å². The maximum Gasteiger partial charge on any atom is 0.317 e. The molecule has 0 radical (unpaired) electrons. The SMILES string of the molecule is CCOC(=O)CCN(CCC(C)C)C(=O)NC1CCCCC1. The summed E-state index contributed by atoms with van der Waals surface area (Å²) in [6.45, 7) is 7.59. The van der Waals surface area contributed by atoms with Crippen LogP contribution in [0.4, 0.5) is 4.79 Å². The molecule has 1 fully saturated rings. The number of carbonyl (C=O) groups is 2. The summed E-state index contributed by atoms with van der Waals surface area (Å²) in [5.74, 6) is 0.301. The predicted molar refractivity (Wildman–Crippen MR) is 87.7 cm³/mol. The lowest BCUT2D eigenvalue weighted by molar-refractivity contribution is -0.143. The van der Waals surface area contributed by atoms with Crippen LogP contribution in [0.15, 0.2) is 0 Å². The van der Waals surface area contributed by atoms with Crippen LogP contribution in [0, 0.1) is 5.92 Å². The van der Waals surface area contributed by atoms with Crippen molar-refractivity contribution in [1.29, 1.82) is 0 Å². The van der Waals surface area contributed by atoms with E-state index in [2.05, 4.69) is 19.2 Å². The Morgan fingerprint density at radius 1 is 1.18 bits per heavy atom. The molecular weight excluding hydrogens is 280 g/mol. The van der Waals surface area contributed by atoms with Gasteiger partial charge in [-0.1, -0.05) is 33.1 Å². The van der Waals surface area contributed by atoms with Crippen LogP contribution in [0.5, 0.6) is 0 Å². The van der Waals surface area contributed by atoms with E-state index in [9.17, 15) is 9.59 Å². The van der Waals surface area contributed by atoms with E-state index < -0.39 is 0 Å². The van der Waals surface area contributed by atoms with Gasteiger partial charge in [0.15, 0.2) is 0 Å². The standard InChI is InChI=1S/C17H32N2O3/c1-4-22-16(20)11-13-19(12-10-14(2)3)17(21)18-15-8-6-5-7-9-15/h14-15H,4-13H2,1-3H3,(H,18,21). The minimum absolute atomic E-state index is 0.0307. The van der Waals surface area contributed by atoms with Crippen LogP contribution in [0.25, 0.3) is 0 Å². The third kappa shape index (κ3) is 7.66. The molecule has 5 nitrogen and oxygen atoms in total. The molecule has 22 heavy (non-hydrogen) atoms. The van der Waals surface area contributed by atoms with Gasteiger partial charge in [0.25, 0.3) is 0 Å². The molecule has 0 aliphatic heterocycles. The number of rotatable bonds is 8. The van der Waals surface area contributed by atoms with Crippen LogP contribution >= 0.6 is 0 Å². The fourth-order valence-corrected chi connectivity index (χ4v) is 2.70. The molecule has 0 aromatic heterocycles. The third-order valence-electron chi connectivity index (χ3n) is 4.09. The lowest BCUT2D eigenvalue weighted by atomic mass is 9.96. The summed E-state index contributed by atoms with van der Waals surface area (Å²) in [7, 11) is 0. The summed E-state index contributed by atoms with van der Waals surface area (Å²) in [6.07, 6.45) is 7.01. The molecule has 0 aromatic rings. The highest BCUT2D eigenvalue weighted by molar-refractivity contribution is 5.76. The second kappa shape index (κ2) is 10.5. The van der Waals surface area contributed by atoms with E-state index in [1.54, 1.807) is 11.8 Å². The van der Waals surface area contributed by atoms with E-state index in [-0.39, 0.29) is 18.4 Å². The van der Waals surface area contributed by atoms with Crippen molar-refractivity contribution in [3.63, 3.8) is 0 Å². The topological polar surface area (TPSA) is 58.6 Å². The van der Waals surface area contributed by atoms with Crippen molar-refractivity contribution in [2.45, 2.75) is 71.8 Å². The number of ether oxygens (including phenoxy) is 1. The van der Waals surface area contributed by atoms with E-state index in [1.165, 1.54) is 19.3 Å². The highest BCUT2D eigenvalue weighted by Gasteiger charge is 2.20. The van der Waals surface area contributed by atoms with Gasteiger partial charge in [-0.3, -0.25) is 4.79 Å². The maximum atomic E-state index is 12.5. The third-order valence-corrected chi connectivity index (χ3v) is 4.09. The first-order valence-corrected chi connectivity index (χ1v) is 8.74. The fraction of sp³-hybridized carbons (Fsp3) is 0.882. The molecule has 0 aromatic carbocycles. The summed E-state index contributed by atoms with van der Waals surface area (Å²) < 4.78 is 4.95. The Balaban J connectivity index is 2.46. The summed E-state index contributed by atoms with van der Waals surface area (Å²) >= 11 is 0. The number of esters is 1. The average Bonchev–Trinajstić information content (AvgIpc) is 2.48. The monoisotopic (exact) mass is 312 g/mol. The molecule has 1 rings (SSSR count). The van der Waals surface area contributed by atoms with Gasteiger partial charge in [0, 0.05) is 19.1 Å². The van der Waals surface area contributed by atoms with Crippen molar-refractivity contribution in [3.05, 3.63) is 0 Å². The first-order chi connectivity index (χ1) is 10.5. The van der Waals surface area contributed by atoms with Gasteiger partial charge in [-0.2, -0.15) is 0 Å². The summed E-state index contributed by atoms with van der Waals surface area (Å²) in [4.78, 5) is 25.7. The molecule has 128 valence electrons. The molecule has 0 spiro atoms. The minimum Gasteiger partial charge on any atom is -0.466 e. The number of urea groups is 1. The highest BCUT2D eigenvalue weighted by atomic mass is 16.5. The first kappa shape index (κ1) is 18.8. The van der Waals surface area contributed by atoms with Crippen LogP contribution in [0.3, 0.4) is 0 Å². The Kier molecular flexibility index (Phi) is 8.94. The van der Waals surface area contributed by atoms with Gasteiger partial charge in [-0.15, -0.1) is 0 Å². The van der Waals surface area contributed by atoms with E-state index in [0.29, 0.717) is 31.7 Å². The van der Waals surface area contributed by atoms with Crippen LogP contribution in [0.2, 0.25) is 0 Å². The van der Waals surface area contributed by atoms with Crippen molar-refractivity contribution in [2.24, 2.45) is 5.92 Å². The largest absolute Gasteiger partial charge is 0.466 e. The molecule has 0 atom stereocenters. The van der Waals surface area contributed by atoms with E-state index in [4.69, 9.17) is 4.74 Å². The predicted octanol–water partition coefficient (Wildman–Crippen LogP) is 3.33. The number of hydrogen-bond donors (Lipinski definition) is 1. The number of nitrogens with one attached hydrogen (secondary N) is 1. The Hall–Kier alpha value is -1.26. The van der Waals surface area contributed by atoms with Gasteiger partial charge in [-0.05, 0) is 32.1 Å². The van der Waals surface area contributed by atoms with Gasteiger partial charge < -0.3 is 15.0 Å². The second-order valence-corrected chi connectivity index (χ2v) is 6.51. The lowest BCUT2D eigenvalue weighted by Crippen LogP contribution is -2.46. The zero-order valence-electron chi connectivity index (χ0n) is 14.4. The molecule has 1 aliphatic carbocycles. The number of carbonyl (C=O) groups excluding carboxylic acids is 2. The fourth-order valence-electron chi connectivity index (χ4n) is 2.70. The Bertz CT molecular complexity index is 339. The molecule has 1 aliphatic rings. The summed E-state index contributed by atoms with van der Waals surface area (Å²) in [5, 5.41) is 3.13. The number of nitrogens with zero attached hydrogens (tertiary/aromatic N) is 1. The molecule has 1 saturated carbocycles. The van der Waals surface area contributed by atoms with Crippen LogP contribution in [0.1, 0.15) is 65.7 Å². The quantitative estimate of drug-likeness (QED) is 0.699. The Morgan fingerprint density at radius 2 is 1.86 bits per heavy atom. The molecule has 1 N–H and O–H groups in total. The molecule has 5 heteroatoms. The zero-order valence-corrected chi connectivity index (χ0v) is 14.4.